The first kappa shape index (κ1) is 11.2. The lowest BCUT2D eigenvalue weighted by atomic mass is 10.2. The molecule has 0 unspecified atom stereocenters. The first-order chi connectivity index (χ1) is 7.17. The molecule has 1 aromatic rings. The lowest BCUT2D eigenvalue weighted by molar-refractivity contribution is -0.115. The van der Waals surface area contributed by atoms with E-state index in [1.807, 2.05) is 6.07 Å². The monoisotopic (exact) mass is 263 g/mol. The van der Waals surface area contributed by atoms with Crippen LogP contribution in [0.5, 0.6) is 0 Å². The van der Waals surface area contributed by atoms with Gasteiger partial charge in [0.1, 0.15) is 12.5 Å². The number of nitrogens with zero attached hydrogens (tertiary/aromatic N) is 2. The molecule has 0 heterocycles. The van der Waals surface area contributed by atoms with Gasteiger partial charge in [0.25, 0.3) is 0 Å². The second-order valence-electron chi connectivity index (χ2n) is 2.69. The number of nitrogens with one attached hydrogen (secondary N) is 1. The Morgan fingerprint density at radius 1 is 1.47 bits per heavy atom. The first-order valence-electron chi connectivity index (χ1n) is 4.04. The Bertz CT molecular complexity index is 471. The molecule has 0 bridgehead atoms. The zero-order chi connectivity index (χ0) is 11.3. The number of carbonyl (C=O) groups is 1. The number of amides is 1. The average molecular weight is 264 g/mol. The van der Waals surface area contributed by atoms with Gasteiger partial charge in [0.15, 0.2) is 0 Å². The Balaban J connectivity index is 2.85. The van der Waals surface area contributed by atoms with Crippen molar-refractivity contribution in [3.8, 4) is 12.1 Å². The standard InChI is InChI=1S/C10H6BrN3O/c11-9-2-1-8(5-7(9)6-13)14-10(15)3-4-12/h1-2,5H,3H2,(H,14,15). The molecule has 0 aliphatic rings. The fraction of sp³-hybridized carbons (Fsp3) is 0.100. The number of benzene rings is 1. The maximum Gasteiger partial charge on any atom is 0.238 e. The van der Waals surface area contributed by atoms with Crippen LogP contribution in [0.2, 0.25) is 0 Å². The van der Waals surface area contributed by atoms with Crippen molar-refractivity contribution < 1.29 is 4.79 Å². The van der Waals surface area contributed by atoms with Crippen molar-refractivity contribution in [3.63, 3.8) is 0 Å². The molecule has 0 fully saturated rings. The van der Waals surface area contributed by atoms with Crippen molar-refractivity contribution in [1.29, 1.82) is 10.5 Å². The molecule has 0 aliphatic heterocycles. The maximum atomic E-state index is 11.1. The summed E-state index contributed by atoms with van der Waals surface area (Å²) in [6.07, 6.45) is -0.196. The van der Waals surface area contributed by atoms with Crippen LogP contribution in [0.1, 0.15) is 12.0 Å². The minimum absolute atomic E-state index is 0.196. The van der Waals surface area contributed by atoms with Crippen molar-refractivity contribution in [3.05, 3.63) is 28.2 Å². The summed E-state index contributed by atoms with van der Waals surface area (Å²) in [4.78, 5) is 11.1. The summed E-state index contributed by atoms with van der Waals surface area (Å²) in [6.45, 7) is 0. The maximum absolute atomic E-state index is 11.1. The summed E-state index contributed by atoms with van der Waals surface area (Å²) < 4.78 is 0.670. The topological polar surface area (TPSA) is 76.7 Å². The largest absolute Gasteiger partial charge is 0.325 e. The number of hydrogen-bond donors (Lipinski definition) is 1. The molecule has 0 atom stereocenters. The van der Waals surface area contributed by atoms with E-state index in [0.717, 1.165) is 0 Å². The number of anilines is 1. The molecular formula is C10H6BrN3O. The summed E-state index contributed by atoms with van der Waals surface area (Å²) in [6, 6.07) is 8.58. The van der Waals surface area contributed by atoms with Crippen molar-refractivity contribution in [2.45, 2.75) is 6.42 Å². The SMILES string of the molecule is N#CCC(=O)Nc1ccc(Br)c(C#N)c1. The van der Waals surface area contributed by atoms with E-state index < -0.39 is 0 Å². The van der Waals surface area contributed by atoms with Crippen molar-refractivity contribution in [1.82, 2.24) is 0 Å². The Labute approximate surface area is 95.3 Å². The zero-order valence-electron chi connectivity index (χ0n) is 7.62. The molecule has 0 radical (unpaired) electrons. The number of rotatable bonds is 2. The normalized spacial score (nSPS) is 8.73. The van der Waals surface area contributed by atoms with Gasteiger partial charge in [-0.05, 0) is 34.1 Å². The quantitative estimate of drug-likeness (QED) is 0.889. The van der Waals surface area contributed by atoms with Gasteiger partial charge in [0.05, 0.1) is 11.6 Å². The first-order valence-corrected chi connectivity index (χ1v) is 4.83. The highest BCUT2D eigenvalue weighted by atomic mass is 79.9. The van der Waals surface area contributed by atoms with Gasteiger partial charge < -0.3 is 5.32 Å². The molecule has 1 aromatic carbocycles. The fourth-order valence-electron chi connectivity index (χ4n) is 0.966. The highest BCUT2D eigenvalue weighted by Crippen LogP contribution is 2.20. The third-order valence-electron chi connectivity index (χ3n) is 1.61. The average Bonchev–Trinajstić information content (AvgIpc) is 2.21. The minimum atomic E-state index is -0.385. The van der Waals surface area contributed by atoms with Crippen LogP contribution in [0.15, 0.2) is 22.7 Å². The third-order valence-corrected chi connectivity index (χ3v) is 2.30. The van der Waals surface area contributed by atoms with Gasteiger partial charge in [-0.2, -0.15) is 10.5 Å². The van der Waals surface area contributed by atoms with Gasteiger partial charge >= 0.3 is 0 Å². The molecule has 1 N–H and O–H groups in total. The van der Waals surface area contributed by atoms with Gasteiger partial charge in [-0.15, -0.1) is 0 Å². The van der Waals surface area contributed by atoms with E-state index in [2.05, 4.69) is 21.2 Å². The highest BCUT2D eigenvalue weighted by molar-refractivity contribution is 9.10. The molecule has 0 aliphatic carbocycles. The second kappa shape index (κ2) is 5.14. The molecule has 0 saturated heterocycles. The van der Waals surface area contributed by atoms with Crippen LogP contribution in [-0.2, 0) is 4.79 Å². The van der Waals surface area contributed by atoms with Crippen LogP contribution in [0.25, 0.3) is 0 Å². The third kappa shape index (κ3) is 3.08. The predicted octanol–water partition coefficient (Wildman–Crippen LogP) is 2.17. The molecule has 74 valence electrons. The van der Waals surface area contributed by atoms with Crippen molar-refractivity contribution in [2.24, 2.45) is 0 Å². The van der Waals surface area contributed by atoms with E-state index in [4.69, 9.17) is 10.5 Å². The van der Waals surface area contributed by atoms with Crippen LogP contribution in [-0.4, -0.2) is 5.91 Å². The van der Waals surface area contributed by atoms with Crippen LogP contribution >= 0.6 is 15.9 Å². The van der Waals surface area contributed by atoms with Crippen LogP contribution in [0.3, 0.4) is 0 Å². The van der Waals surface area contributed by atoms with Crippen molar-refractivity contribution in [2.75, 3.05) is 5.32 Å². The van der Waals surface area contributed by atoms with Gasteiger partial charge in [-0.25, -0.2) is 0 Å². The highest BCUT2D eigenvalue weighted by Gasteiger charge is 2.04. The second-order valence-corrected chi connectivity index (χ2v) is 3.54. The summed E-state index contributed by atoms with van der Waals surface area (Å²) in [7, 11) is 0. The Morgan fingerprint density at radius 2 is 2.20 bits per heavy atom. The number of halogens is 1. The van der Waals surface area contributed by atoms with E-state index in [0.29, 0.717) is 15.7 Å². The molecule has 15 heavy (non-hydrogen) atoms. The van der Waals surface area contributed by atoms with Gasteiger partial charge in [0.2, 0.25) is 5.91 Å². The Morgan fingerprint density at radius 3 is 2.80 bits per heavy atom. The minimum Gasteiger partial charge on any atom is -0.325 e. The number of carbonyl (C=O) groups excluding carboxylic acids is 1. The van der Waals surface area contributed by atoms with Crippen LogP contribution in [0.4, 0.5) is 5.69 Å². The number of nitriles is 2. The van der Waals surface area contributed by atoms with E-state index in [-0.39, 0.29) is 12.3 Å². The Hall–Kier alpha value is -1.85. The summed E-state index contributed by atoms with van der Waals surface area (Å²) >= 11 is 3.20. The molecule has 4 nitrogen and oxygen atoms in total. The lowest BCUT2D eigenvalue weighted by Crippen LogP contribution is -2.10. The molecule has 0 aromatic heterocycles. The molecule has 1 rings (SSSR count). The lowest BCUT2D eigenvalue weighted by Gasteiger charge is -2.03. The zero-order valence-corrected chi connectivity index (χ0v) is 9.21. The Kier molecular flexibility index (Phi) is 3.84. The van der Waals surface area contributed by atoms with Gasteiger partial charge in [-0.3, -0.25) is 4.79 Å². The number of hydrogen-bond acceptors (Lipinski definition) is 3. The summed E-state index contributed by atoms with van der Waals surface area (Å²) in [5, 5.41) is 19.5. The molecular weight excluding hydrogens is 258 g/mol. The van der Waals surface area contributed by atoms with E-state index in [1.54, 1.807) is 24.3 Å². The smallest absolute Gasteiger partial charge is 0.238 e. The van der Waals surface area contributed by atoms with Gasteiger partial charge in [-0.1, -0.05) is 0 Å². The van der Waals surface area contributed by atoms with Gasteiger partial charge in [0, 0.05) is 10.2 Å². The summed E-state index contributed by atoms with van der Waals surface area (Å²) in [5.41, 5.74) is 0.944. The molecule has 1 amide bonds. The van der Waals surface area contributed by atoms with E-state index in [1.165, 1.54) is 0 Å². The molecule has 0 saturated carbocycles. The predicted molar refractivity (Wildman–Crippen MR) is 57.7 cm³/mol. The fourth-order valence-corrected chi connectivity index (χ4v) is 1.30. The van der Waals surface area contributed by atoms with Crippen molar-refractivity contribution >= 4 is 27.5 Å². The molecule has 5 heteroatoms. The van der Waals surface area contributed by atoms with Crippen LogP contribution < -0.4 is 5.32 Å². The van der Waals surface area contributed by atoms with E-state index >= 15 is 0 Å². The summed E-state index contributed by atoms with van der Waals surface area (Å²) in [5.74, 6) is -0.385. The van der Waals surface area contributed by atoms with E-state index in [9.17, 15) is 4.79 Å². The van der Waals surface area contributed by atoms with Crippen LogP contribution in [0, 0.1) is 22.7 Å². The molecule has 0 spiro atoms.